The lowest BCUT2D eigenvalue weighted by atomic mass is 9.73. The number of hydrogen-bond donors (Lipinski definition) is 1. The van der Waals surface area contributed by atoms with Gasteiger partial charge in [0.1, 0.15) is 17.1 Å². The smallest absolute Gasteiger partial charge is 0.341 e. The molecule has 1 aliphatic heterocycles. The molecule has 2 heterocycles. The zero-order chi connectivity index (χ0) is 19.4. The second kappa shape index (κ2) is 8.15. The maximum atomic E-state index is 13.1. The first-order valence-corrected chi connectivity index (χ1v) is 9.14. The molecule has 0 atom stereocenters. The zero-order valence-corrected chi connectivity index (χ0v) is 16.1. The molecule has 0 unspecified atom stereocenters. The third-order valence-electron chi connectivity index (χ3n) is 4.96. The fourth-order valence-electron chi connectivity index (χ4n) is 3.43. The second-order valence-corrected chi connectivity index (χ2v) is 7.00. The summed E-state index contributed by atoms with van der Waals surface area (Å²) in [5, 5.41) is 3.53. The first kappa shape index (κ1) is 19.5. The lowest BCUT2D eigenvalue weighted by Gasteiger charge is -2.36. The van der Waals surface area contributed by atoms with Gasteiger partial charge in [0, 0.05) is 18.2 Å². The summed E-state index contributed by atoms with van der Waals surface area (Å²) in [6.45, 7) is 2.88. The van der Waals surface area contributed by atoms with Gasteiger partial charge in [0.2, 0.25) is 5.91 Å². The SMILES string of the molecule is COC(=O)c1cc(CNC(=O)C2(c3cccc(Cl)c3)CCOCC2)oc1C. The number of methoxy groups -OCH3 is 1. The van der Waals surface area contributed by atoms with Crippen molar-refractivity contribution in [1.82, 2.24) is 5.32 Å². The molecule has 27 heavy (non-hydrogen) atoms. The lowest BCUT2D eigenvalue weighted by molar-refractivity contribution is -0.130. The molecular formula is C20H22ClNO5. The standard InChI is InChI=1S/C20H22ClNO5/c1-13-17(18(23)25-2)11-16(27-13)12-22-19(24)20(6-8-26-9-7-20)14-4-3-5-15(21)10-14/h3-5,10-11H,6-9,12H2,1-2H3,(H,22,24). The third kappa shape index (κ3) is 4.01. The van der Waals surface area contributed by atoms with Gasteiger partial charge in [-0.05, 0) is 43.5 Å². The molecule has 3 rings (SSSR count). The summed E-state index contributed by atoms with van der Waals surface area (Å²) in [5.74, 6) is 0.381. The monoisotopic (exact) mass is 391 g/mol. The molecule has 1 N–H and O–H groups in total. The average molecular weight is 392 g/mol. The highest BCUT2D eigenvalue weighted by Gasteiger charge is 2.41. The van der Waals surface area contributed by atoms with Gasteiger partial charge in [-0.3, -0.25) is 4.79 Å². The normalized spacial score (nSPS) is 16.0. The van der Waals surface area contributed by atoms with Crippen LogP contribution in [0.4, 0.5) is 0 Å². The number of aryl methyl sites for hydroxylation is 1. The van der Waals surface area contributed by atoms with Crippen molar-refractivity contribution >= 4 is 23.5 Å². The predicted molar refractivity (Wildman–Crippen MR) is 99.8 cm³/mol. The van der Waals surface area contributed by atoms with Crippen LogP contribution < -0.4 is 5.32 Å². The van der Waals surface area contributed by atoms with Crippen molar-refractivity contribution in [3.05, 3.63) is 58.0 Å². The van der Waals surface area contributed by atoms with E-state index in [2.05, 4.69) is 5.32 Å². The maximum absolute atomic E-state index is 13.1. The van der Waals surface area contributed by atoms with Crippen LogP contribution in [0.25, 0.3) is 0 Å². The maximum Gasteiger partial charge on any atom is 0.341 e. The largest absolute Gasteiger partial charge is 0.465 e. The Morgan fingerprint density at radius 3 is 2.67 bits per heavy atom. The van der Waals surface area contributed by atoms with Crippen molar-refractivity contribution in [1.29, 1.82) is 0 Å². The summed E-state index contributed by atoms with van der Waals surface area (Å²) in [4.78, 5) is 24.8. The van der Waals surface area contributed by atoms with Crippen molar-refractivity contribution in [2.75, 3.05) is 20.3 Å². The van der Waals surface area contributed by atoms with Crippen LogP contribution in [0.2, 0.25) is 5.02 Å². The molecule has 0 radical (unpaired) electrons. The Bertz CT molecular complexity index is 839. The fourth-order valence-corrected chi connectivity index (χ4v) is 3.62. The Hall–Kier alpha value is -2.31. The number of esters is 1. The average Bonchev–Trinajstić information content (AvgIpc) is 3.06. The van der Waals surface area contributed by atoms with Crippen LogP contribution in [0.15, 0.2) is 34.7 Å². The molecule has 0 bridgehead atoms. The Balaban J connectivity index is 1.79. The van der Waals surface area contributed by atoms with Gasteiger partial charge in [0.05, 0.1) is 19.1 Å². The summed E-state index contributed by atoms with van der Waals surface area (Å²) >= 11 is 6.15. The van der Waals surface area contributed by atoms with Gasteiger partial charge < -0.3 is 19.2 Å². The Morgan fingerprint density at radius 2 is 2.00 bits per heavy atom. The van der Waals surface area contributed by atoms with Gasteiger partial charge in [-0.1, -0.05) is 23.7 Å². The van der Waals surface area contributed by atoms with E-state index in [9.17, 15) is 9.59 Å². The molecule has 1 fully saturated rings. The topological polar surface area (TPSA) is 77.8 Å². The third-order valence-corrected chi connectivity index (χ3v) is 5.19. The second-order valence-electron chi connectivity index (χ2n) is 6.56. The highest BCUT2D eigenvalue weighted by Crippen LogP contribution is 2.36. The molecule has 1 aromatic heterocycles. The number of amides is 1. The summed E-state index contributed by atoms with van der Waals surface area (Å²) in [6.07, 6.45) is 1.15. The number of furan rings is 1. The molecule has 1 amide bonds. The van der Waals surface area contributed by atoms with E-state index in [0.717, 1.165) is 5.56 Å². The van der Waals surface area contributed by atoms with Gasteiger partial charge in [0.15, 0.2) is 0 Å². The molecule has 0 aliphatic carbocycles. The molecular weight excluding hydrogens is 370 g/mol. The first-order valence-electron chi connectivity index (χ1n) is 8.76. The number of hydrogen-bond acceptors (Lipinski definition) is 5. The van der Waals surface area contributed by atoms with Crippen molar-refractivity contribution in [3.63, 3.8) is 0 Å². The minimum atomic E-state index is -0.698. The molecule has 2 aromatic rings. The van der Waals surface area contributed by atoms with E-state index in [-0.39, 0.29) is 12.5 Å². The van der Waals surface area contributed by atoms with Crippen molar-refractivity contribution < 1.29 is 23.5 Å². The molecule has 7 heteroatoms. The van der Waals surface area contributed by atoms with E-state index in [1.165, 1.54) is 7.11 Å². The minimum Gasteiger partial charge on any atom is -0.465 e. The van der Waals surface area contributed by atoms with Crippen molar-refractivity contribution in [3.8, 4) is 0 Å². The number of carbonyl (C=O) groups excluding carboxylic acids is 2. The summed E-state index contributed by atoms with van der Waals surface area (Å²) in [7, 11) is 1.32. The van der Waals surface area contributed by atoms with Crippen LogP contribution >= 0.6 is 11.6 Å². The van der Waals surface area contributed by atoms with Crippen LogP contribution in [0, 0.1) is 6.92 Å². The van der Waals surface area contributed by atoms with Crippen LogP contribution in [0.1, 0.15) is 40.3 Å². The van der Waals surface area contributed by atoms with E-state index in [4.69, 9.17) is 25.5 Å². The van der Waals surface area contributed by atoms with Crippen molar-refractivity contribution in [2.24, 2.45) is 0 Å². The van der Waals surface area contributed by atoms with Gasteiger partial charge in [-0.2, -0.15) is 0 Å². The molecule has 1 aromatic carbocycles. The zero-order valence-electron chi connectivity index (χ0n) is 15.3. The number of carbonyl (C=O) groups is 2. The molecule has 6 nitrogen and oxygen atoms in total. The van der Waals surface area contributed by atoms with Crippen LogP contribution in [-0.4, -0.2) is 32.2 Å². The number of rotatable bonds is 5. The molecule has 1 saturated heterocycles. The number of ether oxygens (including phenoxy) is 2. The summed E-state index contributed by atoms with van der Waals surface area (Å²) in [5.41, 5.74) is 0.537. The van der Waals surface area contributed by atoms with E-state index in [1.807, 2.05) is 18.2 Å². The Morgan fingerprint density at radius 1 is 1.26 bits per heavy atom. The van der Waals surface area contributed by atoms with Crippen molar-refractivity contribution in [2.45, 2.75) is 31.7 Å². The number of halogens is 1. The van der Waals surface area contributed by atoms with Gasteiger partial charge in [-0.25, -0.2) is 4.79 Å². The van der Waals surface area contributed by atoms with Crippen LogP contribution in [0.3, 0.4) is 0 Å². The van der Waals surface area contributed by atoms with Gasteiger partial charge in [0.25, 0.3) is 0 Å². The predicted octanol–water partition coefficient (Wildman–Crippen LogP) is 3.39. The highest BCUT2D eigenvalue weighted by molar-refractivity contribution is 6.30. The van der Waals surface area contributed by atoms with Crippen LogP contribution in [0.5, 0.6) is 0 Å². The summed E-state index contributed by atoms with van der Waals surface area (Å²) < 4.78 is 15.8. The first-order chi connectivity index (χ1) is 13.0. The Labute approximate surface area is 162 Å². The molecule has 0 saturated carbocycles. The molecule has 144 valence electrons. The van der Waals surface area contributed by atoms with Gasteiger partial charge >= 0.3 is 5.97 Å². The highest BCUT2D eigenvalue weighted by atomic mass is 35.5. The van der Waals surface area contributed by atoms with E-state index < -0.39 is 11.4 Å². The lowest BCUT2D eigenvalue weighted by Crippen LogP contribution is -2.47. The van der Waals surface area contributed by atoms with E-state index >= 15 is 0 Å². The number of nitrogens with one attached hydrogen (secondary N) is 1. The van der Waals surface area contributed by atoms with E-state index in [0.29, 0.717) is 48.2 Å². The quantitative estimate of drug-likeness (QED) is 0.790. The minimum absolute atomic E-state index is 0.110. The Kier molecular flexibility index (Phi) is 5.87. The van der Waals surface area contributed by atoms with Gasteiger partial charge in [-0.15, -0.1) is 0 Å². The number of benzene rings is 1. The molecule has 0 spiro atoms. The fraction of sp³-hybridized carbons (Fsp3) is 0.400. The van der Waals surface area contributed by atoms with E-state index in [1.54, 1.807) is 19.1 Å². The van der Waals surface area contributed by atoms with Crippen LogP contribution in [-0.2, 0) is 26.2 Å². The summed E-state index contributed by atoms with van der Waals surface area (Å²) in [6, 6.07) is 8.98. The molecule has 1 aliphatic rings.